The fourth-order valence-electron chi connectivity index (χ4n) is 0.700. The van der Waals surface area contributed by atoms with Gasteiger partial charge < -0.3 is 10.5 Å². The Morgan fingerprint density at radius 2 is 2.50 bits per heavy atom. The number of nitrogen functional groups attached to an aromatic ring is 1. The van der Waals surface area contributed by atoms with Gasteiger partial charge in [0.1, 0.15) is 0 Å². The molecule has 1 rings (SSSR count). The summed E-state index contributed by atoms with van der Waals surface area (Å²) >= 11 is 0. The van der Waals surface area contributed by atoms with Gasteiger partial charge >= 0.3 is 5.97 Å². The van der Waals surface area contributed by atoms with Gasteiger partial charge in [-0.15, -0.1) is 0 Å². The summed E-state index contributed by atoms with van der Waals surface area (Å²) in [5, 5.41) is 3.82. The number of carbonyl (C=O) groups excluding carboxylic acids is 1. The quantitative estimate of drug-likeness (QED) is 0.647. The third-order valence-electron chi connectivity index (χ3n) is 1.46. The number of nitrogens with zero attached hydrogens (tertiary/aromatic N) is 2. The van der Waals surface area contributed by atoms with E-state index in [9.17, 15) is 4.79 Å². The van der Waals surface area contributed by atoms with Crippen LogP contribution in [0, 0.1) is 0 Å². The van der Waals surface area contributed by atoms with Crippen molar-refractivity contribution in [3.63, 3.8) is 0 Å². The number of rotatable bonds is 2. The Kier molecular flexibility index (Phi) is 2.32. The average Bonchev–Trinajstić information content (AvgIpc) is 2.36. The third-order valence-corrected chi connectivity index (χ3v) is 1.46. The molecule has 5 nitrogen and oxygen atoms in total. The van der Waals surface area contributed by atoms with Gasteiger partial charge in [-0.05, 0) is 0 Å². The summed E-state index contributed by atoms with van der Waals surface area (Å²) in [6.07, 6.45) is 1.75. The zero-order valence-electron chi connectivity index (χ0n) is 7.07. The Hall–Kier alpha value is -1.52. The lowest BCUT2D eigenvalue weighted by atomic mass is 10.5. The van der Waals surface area contributed by atoms with Gasteiger partial charge in [-0.2, -0.15) is 5.10 Å². The fraction of sp³-hybridized carbons (Fsp3) is 0.429. The largest absolute Gasteiger partial charge is 0.421 e. The van der Waals surface area contributed by atoms with E-state index in [0.29, 0.717) is 18.0 Å². The van der Waals surface area contributed by atoms with Crippen molar-refractivity contribution in [3.8, 4) is 5.75 Å². The molecule has 0 atom stereocenters. The van der Waals surface area contributed by atoms with Crippen LogP contribution in [0.25, 0.3) is 0 Å². The van der Waals surface area contributed by atoms with Crippen LogP contribution in [-0.4, -0.2) is 15.7 Å². The molecule has 1 aromatic heterocycles. The number of ether oxygens (including phenoxy) is 1. The second-order valence-electron chi connectivity index (χ2n) is 2.35. The number of esters is 1. The van der Waals surface area contributed by atoms with Crippen molar-refractivity contribution in [2.45, 2.75) is 13.3 Å². The van der Waals surface area contributed by atoms with Gasteiger partial charge in [-0.3, -0.25) is 4.79 Å². The molecule has 66 valence electrons. The van der Waals surface area contributed by atoms with Gasteiger partial charge in [0.2, 0.25) is 0 Å². The van der Waals surface area contributed by atoms with E-state index in [4.69, 9.17) is 10.5 Å². The predicted octanol–water partition coefficient (Wildman–Crippen LogP) is 0.318. The lowest BCUT2D eigenvalue weighted by molar-refractivity contribution is -0.133. The van der Waals surface area contributed by atoms with Crippen molar-refractivity contribution in [3.05, 3.63) is 6.20 Å². The zero-order valence-corrected chi connectivity index (χ0v) is 7.07. The molecular weight excluding hydrogens is 158 g/mol. The number of aromatic nitrogens is 2. The van der Waals surface area contributed by atoms with E-state index >= 15 is 0 Å². The van der Waals surface area contributed by atoms with Gasteiger partial charge in [-0.25, -0.2) is 4.68 Å². The van der Waals surface area contributed by atoms with E-state index in [1.54, 1.807) is 14.0 Å². The van der Waals surface area contributed by atoms with Crippen LogP contribution in [0.5, 0.6) is 5.75 Å². The molecule has 0 aliphatic heterocycles. The standard InChI is InChI=1S/C7H11N3O2/c1-3-6(11)12-5-4-9-10(2)7(5)8/h4H,3,8H2,1-2H3. The van der Waals surface area contributed by atoms with E-state index in [-0.39, 0.29) is 5.97 Å². The SMILES string of the molecule is CCC(=O)Oc1cnn(C)c1N. The molecule has 2 N–H and O–H groups in total. The summed E-state index contributed by atoms with van der Waals surface area (Å²) in [5.41, 5.74) is 5.53. The molecule has 0 unspecified atom stereocenters. The van der Waals surface area contributed by atoms with Crippen molar-refractivity contribution >= 4 is 11.8 Å². The van der Waals surface area contributed by atoms with Crippen LogP contribution in [-0.2, 0) is 11.8 Å². The first kappa shape index (κ1) is 8.58. The Balaban J connectivity index is 2.76. The van der Waals surface area contributed by atoms with Crippen molar-refractivity contribution in [2.75, 3.05) is 5.73 Å². The number of hydrogen-bond acceptors (Lipinski definition) is 4. The number of carbonyl (C=O) groups is 1. The molecule has 5 heteroatoms. The van der Waals surface area contributed by atoms with Crippen LogP contribution < -0.4 is 10.5 Å². The molecule has 0 saturated heterocycles. The van der Waals surface area contributed by atoms with Crippen molar-refractivity contribution in [1.29, 1.82) is 0 Å². The highest BCUT2D eigenvalue weighted by atomic mass is 16.5. The minimum absolute atomic E-state index is 0.310. The first-order valence-corrected chi connectivity index (χ1v) is 3.63. The summed E-state index contributed by atoms with van der Waals surface area (Å²) in [6.45, 7) is 1.72. The molecule has 12 heavy (non-hydrogen) atoms. The number of anilines is 1. The van der Waals surface area contributed by atoms with Crippen molar-refractivity contribution < 1.29 is 9.53 Å². The van der Waals surface area contributed by atoms with Crippen LogP contribution in [0.4, 0.5) is 5.82 Å². The number of aryl methyl sites for hydroxylation is 1. The smallest absolute Gasteiger partial charge is 0.311 e. The van der Waals surface area contributed by atoms with Crippen LogP contribution in [0.1, 0.15) is 13.3 Å². The van der Waals surface area contributed by atoms with E-state index in [1.165, 1.54) is 10.9 Å². The molecule has 1 aromatic rings. The summed E-state index contributed by atoms with van der Waals surface area (Å²) in [5.74, 6) is 0.371. The summed E-state index contributed by atoms with van der Waals surface area (Å²) < 4.78 is 6.31. The molecule has 0 aromatic carbocycles. The Labute approximate surface area is 70.1 Å². The maximum absolute atomic E-state index is 10.8. The van der Waals surface area contributed by atoms with Crippen molar-refractivity contribution in [2.24, 2.45) is 7.05 Å². The second kappa shape index (κ2) is 3.25. The molecule has 1 heterocycles. The average molecular weight is 169 g/mol. The number of nitrogens with two attached hydrogens (primary N) is 1. The molecule has 0 spiro atoms. The summed E-state index contributed by atoms with van der Waals surface area (Å²) in [6, 6.07) is 0. The lowest BCUT2D eigenvalue weighted by Gasteiger charge is -1.99. The molecule has 0 bridgehead atoms. The maximum atomic E-state index is 10.8. The van der Waals surface area contributed by atoms with Crippen LogP contribution in [0.2, 0.25) is 0 Å². The molecule has 0 aliphatic carbocycles. The lowest BCUT2D eigenvalue weighted by Crippen LogP contribution is -2.07. The first-order chi connectivity index (χ1) is 5.65. The number of hydrogen-bond donors (Lipinski definition) is 1. The van der Waals surface area contributed by atoms with Crippen LogP contribution in [0.15, 0.2) is 6.20 Å². The molecular formula is C7H11N3O2. The highest BCUT2D eigenvalue weighted by Gasteiger charge is 2.08. The maximum Gasteiger partial charge on any atom is 0.311 e. The topological polar surface area (TPSA) is 70.1 Å². The Bertz CT molecular complexity index is 293. The molecule has 0 amide bonds. The van der Waals surface area contributed by atoms with Gasteiger partial charge in [0, 0.05) is 13.5 Å². The fourth-order valence-corrected chi connectivity index (χ4v) is 0.700. The summed E-state index contributed by atoms with van der Waals surface area (Å²) in [4.78, 5) is 10.8. The monoisotopic (exact) mass is 169 g/mol. The van der Waals surface area contributed by atoms with Gasteiger partial charge in [0.25, 0.3) is 0 Å². The molecule has 0 saturated carbocycles. The molecule has 0 aliphatic rings. The Morgan fingerprint density at radius 1 is 1.83 bits per heavy atom. The zero-order chi connectivity index (χ0) is 9.14. The van der Waals surface area contributed by atoms with Gasteiger partial charge in [0.05, 0.1) is 6.20 Å². The first-order valence-electron chi connectivity index (χ1n) is 3.63. The van der Waals surface area contributed by atoms with E-state index in [1.807, 2.05) is 0 Å². The summed E-state index contributed by atoms with van der Waals surface area (Å²) in [7, 11) is 1.68. The van der Waals surface area contributed by atoms with E-state index in [0.717, 1.165) is 0 Å². The predicted molar refractivity (Wildman–Crippen MR) is 43.5 cm³/mol. The van der Waals surface area contributed by atoms with Crippen LogP contribution in [0.3, 0.4) is 0 Å². The Morgan fingerprint density at radius 3 is 2.92 bits per heavy atom. The highest BCUT2D eigenvalue weighted by Crippen LogP contribution is 2.19. The second-order valence-corrected chi connectivity index (χ2v) is 2.35. The third kappa shape index (κ3) is 1.55. The van der Waals surface area contributed by atoms with E-state index in [2.05, 4.69) is 5.10 Å². The van der Waals surface area contributed by atoms with Gasteiger partial charge in [0.15, 0.2) is 11.6 Å². The van der Waals surface area contributed by atoms with E-state index < -0.39 is 0 Å². The normalized spacial score (nSPS) is 9.83. The van der Waals surface area contributed by atoms with Crippen LogP contribution >= 0.6 is 0 Å². The molecule has 0 radical (unpaired) electrons. The van der Waals surface area contributed by atoms with Crippen molar-refractivity contribution in [1.82, 2.24) is 9.78 Å². The minimum Gasteiger partial charge on any atom is -0.421 e. The molecule has 0 fully saturated rings. The highest BCUT2D eigenvalue weighted by molar-refractivity contribution is 5.73. The van der Waals surface area contributed by atoms with Gasteiger partial charge in [-0.1, -0.05) is 6.92 Å². The minimum atomic E-state index is -0.310.